The molecule has 0 N–H and O–H groups in total. The van der Waals surface area contributed by atoms with Crippen molar-refractivity contribution in [2.45, 2.75) is 65.7 Å². The SMILES string of the molecule is C=Cc1sc2ccccc2c1/C=C(\C)C1=CCC2=C(C=C1)C/C=C\C=C/C(=C)C2(c1ccccc1)C1C=CN=CCC1.CC.CC. The van der Waals surface area contributed by atoms with Crippen molar-refractivity contribution < 1.29 is 0 Å². The van der Waals surface area contributed by atoms with E-state index in [1.807, 2.05) is 46.2 Å². The minimum Gasteiger partial charge on any atom is -0.269 e. The number of fused-ring (bicyclic) bond motifs is 1. The van der Waals surface area contributed by atoms with E-state index in [1.165, 1.54) is 48.4 Å². The highest BCUT2D eigenvalue weighted by atomic mass is 32.1. The fourth-order valence-electron chi connectivity index (χ4n) is 6.79. The largest absolute Gasteiger partial charge is 0.269 e. The molecule has 0 saturated carbocycles. The molecule has 0 amide bonds. The summed E-state index contributed by atoms with van der Waals surface area (Å²) in [6, 6.07) is 19.7. The molecule has 6 rings (SSSR count). The number of hydrogen-bond acceptors (Lipinski definition) is 2. The second-order valence-electron chi connectivity index (χ2n) is 11.2. The van der Waals surface area contributed by atoms with Gasteiger partial charge in [0.25, 0.3) is 0 Å². The summed E-state index contributed by atoms with van der Waals surface area (Å²) < 4.78 is 1.30. The van der Waals surface area contributed by atoms with E-state index in [-0.39, 0.29) is 11.3 Å². The molecule has 2 aromatic carbocycles. The Bertz CT molecular complexity index is 1760. The first-order valence-electron chi connectivity index (χ1n) is 16.8. The molecule has 1 nitrogen and oxygen atoms in total. The molecule has 2 atom stereocenters. The first kappa shape index (κ1) is 34.6. The summed E-state index contributed by atoms with van der Waals surface area (Å²) in [7, 11) is 0. The highest BCUT2D eigenvalue weighted by molar-refractivity contribution is 7.20. The number of rotatable bonds is 5. The molecule has 0 fully saturated rings. The minimum absolute atomic E-state index is 0.231. The quantitative estimate of drug-likeness (QED) is 0.268. The Labute approximate surface area is 281 Å². The van der Waals surface area contributed by atoms with Gasteiger partial charge >= 0.3 is 0 Å². The molecule has 0 radical (unpaired) electrons. The van der Waals surface area contributed by atoms with Crippen LogP contribution in [0, 0.1) is 5.92 Å². The van der Waals surface area contributed by atoms with Gasteiger partial charge in [0.15, 0.2) is 0 Å². The van der Waals surface area contributed by atoms with Gasteiger partial charge in [-0.3, -0.25) is 4.99 Å². The van der Waals surface area contributed by atoms with E-state index in [4.69, 9.17) is 6.58 Å². The van der Waals surface area contributed by atoms with E-state index in [1.54, 1.807) is 11.3 Å². The lowest BCUT2D eigenvalue weighted by molar-refractivity contribution is 0.412. The van der Waals surface area contributed by atoms with Crippen LogP contribution in [0.1, 0.15) is 76.3 Å². The van der Waals surface area contributed by atoms with Crippen LogP contribution in [-0.4, -0.2) is 6.21 Å². The molecule has 2 heterocycles. The number of hydrogen-bond donors (Lipinski definition) is 0. The average molecular weight is 624 g/mol. The van der Waals surface area contributed by atoms with E-state index in [0.29, 0.717) is 0 Å². The van der Waals surface area contributed by atoms with Crippen molar-refractivity contribution in [1.29, 1.82) is 0 Å². The normalized spacial score (nSPS) is 22.4. The Balaban J connectivity index is 0.00000116. The van der Waals surface area contributed by atoms with E-state index in [2.05, 4.69) is 128 Å². The fraction of sp³-hybridized carbons (Fsp3) is 0.250. The van der Waals surface area contributed by atoms with Crippen molar-refractivity contribution >= 4 is 39.8 Å². The van der Waals surface area contributed by atoms with Gasteiger partial charge < -0.3 is 0 Å². The molecule has 0 spiro atoms. The summed E-state index contributed by atoms with van der Waals surface area (Å²) in [6.07, 6.45) is 30.3. The second-order valence-corrected chi connectivity index (χ2v) is 12.2. The molecule has 2 unspecified atom stereocenters. The van der Waals surface area contributed by atoms with Gasteiger partial charge in [0.2, 0.25) is 0 Å². The lowest BCUT2D eigenvalue weighted by Gasteiger charge is -2.44. The zero-order valence-corrected chi connectivity index (χ0v) is 29.1. The van der Waals surface area contributed by atoms with Crippen LogP contribution >= 0.6 is 11.3 Å². The zero-order chi connectivity index (χ0) is 32.9. The Hall–Kier alpha value is -4.27. The van der Waals surface area contributed by atoms with Crippen molar-refractivity contribution in [3.63, 3.8) is 0 Å². The Morgan fingerprint density at radius 2 is 1.70 bits per heavy atom. The molecule has 3 aromatic rings. The van der Waals surface area contributed by atoms with Crippen molar-refractivity contribution in [2.75, 3.05) is 0 Å². The molecule has 0 saturated heterocycles. The number of aliphatic imine (C=N–C) groups is 1. The third-order valence-electron chi connectivity index (χ3n) is 8.81. The van der Waals surface area contributed by atoms with Crippen molar-refractivity contribution in [2.24, 2.45) is 10.9 Å². The monoisotopic (exact) mass is 623 g/mol. The highest BCUT2D eigenvalue weighted by Crippen LogP contribution is 2.52. The average Bonchev–Trinajstić information content (AvgIpc) is 3.25. The minimum atomic E-state index is -0.378. The summed E-state index contributed by atoms with van der Waals surface area (Å²) >= 11 is 1.81. The van der Waals surface area contributed by atoms with Crippen LogP contribution in [0.15, 0.2) is 155 Å². The Kier molecular flexibility index (Phi) is 12.7. The molecule has 2 heteroatoms. The zero-order valence-electron chi connectivity index (χ0n) is 28.3. The second kappa shape index (κ2) is 16.9. The van der Waals surface area contributed by atoms with Crippen molar-refractivity contribution in [3.8, 4) is 0 Å². The van der Waals surface area contributed by atoms with Crippen molar-refractivity contribution in [1.82, 2.24) is 0 Å². The summed E-state index contributed by atoms with van der Waals surface area (Å²) in [4.78, 5) is 5.75. The third kappa shape index (κ3) is 7.08. The van der Waals surface area contributed by atoms with Crippen LogP contribution < -0.4 is 0 Å². The number of thiophene rings is 1. The van der Waals surface area contributed by atoms with E-state index in [9.17, 15) is 0 Å². The number of benzene rings is 2. The summed E-state index contributed by atoms with van der Waals surface area (Å²) in [6.45, 7) is 19.1. The maximum Gasteiger partial charge on any atom is 0.0477 e. The van der Waals surface area contributed by atoms with Gasteiger partial charge in [0, 0.05) is 38.4 Å². The van der Waals surface area contributed by atoms with Gasteiger partial charge in [-0.05, 0) is 84.1 Å². The molecule has 3 aliphatic rings. The van der Waals surface area contributed by atoms with Gasteiger partial charge in [-0.2, -0.15) is 0 Å². The maximum absolute atomic E-state index is 4.77. The number of allylic oxidation sites excluding steroid dienone is 13. The first-order chi connectivity index (χ1) is 22.6. The van der Waals surface area contributed by atoms with Crippen LogP contribution in [0.5, 0.6) is 0 Å². The lowest BCUT2D eigenvalue weighted by atomic mass is 9.58. The smallest absolute Gasteiger partial charge is 0.0477 e. The van der Waals surface area contributed by atoms with Crippen LogP contribution in [0.3, 0.4) is 0 Å². The molecular weight excluding hydrogens is 575 g/mol. The lowest BCUT2D eigenvalue weighted by Crippen LogP contribution is -2.38. The van der Waals surface area contributed by atoms with Gasteiger partial charge in [-0.1, -0.05) is 144 Å². The predicted octanol–water partition coefficient (Wildman–Crippen LogP) is 13.2. The third-order valence-corrected chi connectivity index (χ3v) is 9.99. The first-order valence-corrected chi connectivity index (χ1v) is 17.6. The molecule has 1 aromatic heterocycles. The van der Waals surface area contributed by atoms with E-state index in [0.717, 1.165) is 31.3 Å². The van der Waals surface area contributed by atoms with Gasteiger partial charge in [-0.15, -0.1) is 11.3 Å². The Morgan fingerprint density at radius 3 is 2.48 bits per heavy atom. The van der Waals surface area contributed by atoms with Crippen molar-refractivity contribution in [3.05, 3.63) is 166 Å². The maximum atomic E-state index is 4.77. The fourth-order valence-corrected chi connectivity index (χ4v) is 7.83. The molecule has 46 heavy (non-hydrogen) atoms. The summed E-state index contributed by atoms with van der Waals surface area (Å²) in [5.74, 6) is 0.231. The van der Waals surface area contributed by atoms with Crippen LogP contribution in [-0.2, 0) is 5.41 Å². The van der Waals surface area contributed by atoms with E-state index >= 15 is 0 Å². The summed E-state index contributed by atoms with van der Waals surface area (Å²) in [5, 5.41) is 1.29. The standard InChI is InChI=1S/C40H37NS.2C2H6/c1-4-38-36(35-19-11-12-20-39(35)42-38)28-29(2)31-21-22-32-15-8-5-7-14-30(3)40(37(32)24-23-31,33-16-9-6-10-17-33)34-18-13-26-41-27-25-34;2*1-2/h4-12,14,16-17,19-23,25-28,34H,1,3,13,15,18,24H2,2H3;2*1-2H3/b8-5-,14-7-,29-28+;;. The topological polar surface area (TPSA) is 12.4 Å². The Morgan fingerprint density at radius 1 is 0.935 bits per heavy atom. The van der Waals surface area contributed by atoms with Gasteiger partial charge in [0.1, 0.15) is 0 Å². The molecule has 1 aliphatic heterocycles. The van der Waals surface area contributed by atoms with Crippen LogP contribution in [0.2, 0.25) is 0 Å². The predicted molar refractivity (Wildman–Crippen MR) is 208 cm³/mol. The van der Waals surface area contributed by atoms with Crippen LogP contribution in [0.25, 0.3) is 22.2 Å². The summed E-state index contributed by atoms with van der Waals surface area (Å²) in [5.41, 5.74) is 8.61. The molecular formula is C44H49NS. The van der Waals surface area contributed by atoms with E-state index < -0.39 is 0 Å². The number of nitrogens with zero attached hydrogens (tertiary/aromatic N) is 1. The van der Waals surface area contributed by atoms with Gasteiger partial charge in [0.05, 0.1) is 0 Å². The van der Waals surface area contributed by atoms with Crippen LogP contribution in [0.4, 0.5) is 0 Å². The highest BCUT2D eigenvalue weighted by Gasteiger charge is 2.44. The molecule has 0 bridgehead atoms. The molecule has 2 aliphatic carbocycles. The van der Waals surface area contributed by atoms with Gasteiger partial charge in [-0.25, -0.2) is 0 Å². The molecule has 236 valence electrons.